The first-order valence-corrected chi connectivity index (χ1v) is 8.10. The SMILES string of the molecule is O=C(CCN1CCOC1=O)Nc1nnc(Cc2ccccc2)s1. The molecule has 3 rings (SSSR count). The fraction of sp³-hybridized carbons (Fsp3) is 0.333. The quantitative estimate of drug-likeness (QED) is 0.873. The molecule has 0 saturated carbocycles. The van der Waals surface area contributed by atoms with Gasteiger partial charge in [-0.15, -0.1) is 10.2 Å². The van der Waals surface area contributed by atoms with Gasteiger partial charge >= 0.3 is 6.09 Å². The Kier molecular flexibility index (Phi) is 4.82. The summed E-state index contributed by atoms with van der Waals surface area (Å²) in [6, 6.07) is 9.96. The maximum atomic E-state index is 11.9. The summed E-state index contributed by atoms with van der Waals surface area (Å²) in [6.07, 6.45) is 0.537. The molecule has 1 aliphatic rings. The van der Waals surface area contributed by atoms with E-state index < -0.39 is 0 Å². The van der Waals surface area contributed by atoms with Crippen molar-refractivity contribution in [3.8, 4) is 0 Å². The highest BCUT2D eigenvalue weighted by molar-refractivity contribution is 7.15. The number of cyclic esters (lactones) is 1. The molecule has 1 saturated heterocycles. The minimum atomic E-state index is -0.362. The fourth-order valence-corrected chi connectivity index (χ4v) is 2.98. The molecule has 0 atom stereocenters. The summed E-state index contributed by atoms with van der Waals surface area (Å²) < 4.78 is 4.81. The molecule has 1 aromatic heterocycles. The standard InChI is InChI=1S/C15H16N4O3S/c20-12(6-7-19-8-9-22-15(19)21)16-14-18-17-13(23-14)10-11-4-2-1-3-5-11/h1-5H,6-10H2,(H,16,18,20). The Morgan fingerprint density at radius 1 is 1.30 bits per heavy atom. The number of ether oxygens (including phenoxy) is 1. The van der Waals surface area contributed by atoms with Crippen molar-refractivity contribution in [2.45, 2.75) is 12.8 Å². The Hall–Kier alpha value is -2.48. The van der Waals surface area contributed by atoms with Gasteiger partial charge in [0.1, 0.15) is 11.6 Å². The molecule has 120 valence electrons. The Balaban J connectivity index is 1.48. The van der Waals surface area contributed by atoms with E-state index in [1.54, 1.807) is 0 Å². The number of hydrogen-bond acceptors (Lipinski definition) is 6. The summed E-state index contributed by atoms with van der Waals surface area (Å²) in [5.41, 5.74) is 1.15. The predicted molar refractivity (Wildman–Crippen MR) is 85.3 cm³/mol. The summed E-state index contributed by atoms with van der Waals surface area (Å²) in [4.78, 5) is 24.7. The van der Waals surface area contributed by atoms with E-state index in [1.165, 1.54) is 16.2 Å². The third-order valence-electron chi connectivity index (χ3n) is 3.37. The number of nitrogens with zero attached hydrogens (tertiary/aromatic N) is 3. The Morgan fingerprint density at radius 2 is 2.13 bits per heavy atom. The maximum absolute atomic E-state index is 11.9. The second-order valence-corrected chi connectivity index (χ2v) is 6.12. The number of carbonyl (C=O) groups is 2. The number of rotatable bonds is 6. The maximum Gasteiger partial charge on any atom is 0.409 e. The molecule has 0 radical (unpaired) electrons. The molecule has 2 heterocycles. The van der Waals surface area contributed by atoms with Crippen molar-refractivity contribution in [3.63, 3.8) is 0 Å². The van der Waals surface area contributed by atoms with Crippen LogP contribution in [0.3, 0.4) is 0 Å². The molecule has 2 amide bonds. The normalized spacial score (nSPS) is 13.9. The van der Waals surface area contributed by atoms with Crippen LogP contribution in [-0.2, 0) is 16.0 Å². The van der Waals surface area contributed by atoms with Gasteiger partial charge in [-0.05, 0) is 5.56 Å². The van der Waals surface area contributed by atoms with Crippen LogP contribution in [0, 0.1) is 0 Å². The van der Waals surface area contributed by atoms with Crippen LogP contribution in [0.15, 0.2) is 30.3 Å². The fourth-order valence-electron chi connectivity index (χ4n) is 2.19. The van der Waals surface area contributed by atoms with E-state index >= 15 is 0 Å². The number of amides is 2. The number of aromatic nitrogens is 2. The van der Waals surface area contributed by atoms with Crippen LogP contribution in [0.2, 0.25) is 0 Å². The lowest BCUT2D eigenvalue weighted by atomic mass is 10.2. The van der Waals surface area contributed by atoms with Crippen molar-refractivity contribution in [2.75, 3.05) is 25.0 Å². The zero-order chi connectivity index (χ0) is 16.1. The molecule has 1 aromatic carbocycles. The van der Waals surface area contributed by atoms with E-state index in [0.717, 1.165) is 10.6 Å². The van der Waals surface area contributed by atoms with Gasteiger partial charge in [-0.1, -0.05) is 41.7 Å². The van der Waals surface area contributed by atoms with Crippen LogP contribution in [0.25, 0.3) is 0 Å². The molecule has 0 spiro atoms. The number of anilines is 1. The van der Waals surface area contributed by atoms with E-state index in [4.69, 9.17) is 4.74 Å². The number of hydrogen-bond donors (Lipinski definition) is 1. The first-order chi connectivity index (χ1) is 11.2. The highest BCUT2D eigenvalue weighted by Gasteiger charge is 2.22. The van der Waals surface area contributed by atoms with E-state index in [1.807, 2.05) is 30.3 Å². The van der Waals surface area contributed by atoms with Crippen molar-refractivity contribution in [3.05, 3.63) is 40.9 Å². The lowest BCUT2D eigenvalue weighted by Gasteiger charge is -2.11. The Morgan fingerprint density at radius 3 is 2.87 bits per heavy atom. The van der Waals surface area contributed by atoms with E-state index in [2.05, 4.69) is 15.5 Å². The van der Waals surface area contributed by atoms with Gasteiger partial charge in [0.05, 0.1) is 6.54 Å². The van der Waals surface area contributed by atoms with Gasteiger partial charge in [0.15, 0.2) is 0 Å². The van der Waals surface area contributed by atoms with E-state index in [0.29, 0.717) is 31.2 Å². The summed E-state index contributed by atoms with van der Waals surface area (Å²) in [5, 5.41) is 12.1. The second-order valence-electron chi connectivity index (χ2n) is 5.06. The van der Waals surface area contributed by atoms with Crippen molar-refractivity contribution in [2.24, 2.45) is 0 Å². The molecule has 1 N–H and O–H groups in total. The monoisotopic (exact) mass is 332 g/mol. The van der Waals surface area contributed by atoms with Crippen molar-refractivity contribution in [1.82, 2.24) is 15.1 Å². The minimum Gasteiger partial charge on any atom is -0.448 e. The first kappa shape index (κ1) is 15.4. The van der Waals surface area contributed by atoms with Crippen LogP contribution < -0.4 is 5.32 Å². The molecule has 8 heteroatoms. The summed E-state index contributed by atoms with van der Waals surface area (Å²) in [7, 11) is 0. The third kappa shape index (κ3) is 4.26. The predicted octanol–water partition coefficient (Wildman–Crippen LogP) is 1.91. The first-order valence-electron chi connectivity index (χ1n) is 7.28. The highest BCUT2D eigenvalue weighted by atomic mass is 32.1. The summed E-state index contributed by atoms with van der Waals surface area (Å²) >= 11 is 1.36. The van der Waals surface area contributed by atoms with Gasteiger partial charge in [0.2, 0.25) is 11.0 Å². The van der Waals surface area contributed by atoms with Gasteiger partial charge in [-0.3, -0.25) is 4.79 Å². The minimum absolute atomic E-state index is 0.188. The molecular formula is C15H16N4O3S. The average molecular weight is 332 g/mol. The van der Waals surface area contributed by atoms with Gasteiger partial charge in [0.25, 0.3) is 0 Å². The molecular weight excluding hydrogens is 316 g/mol. The molecule has 2 aromatic rings. The van der Waals surface area contributed by atoms with Gasteiger partial charge < -0.3 is 15.0 Å². The zero-order valence-corrected chi connectivity index (χ0v) is 13.2. The third-order valence-corrected chi connectivity index (χ3v) is 4.20. The van der Waals surface area contributed by atoms with Crippen molar-refractivity contribution in [1.29, 1.82) is 0 Å². The zero-order valence-electron chi connectivity index (χ0n) is 12.4. The van der Waals surface area contributed by atoms with E-state index in [-0.39, 0.29) is 18.4 Å². The molecule has 0 unspecified atom stereocenters. The lowest BCUT2D eigenvalue weighted by Crippen LogP contribution is -2.28. The van der Waals surface area contributed by atoms with Gasteiger partial charge in [0, 0.05) is 19.4 Å². The Bertz CT molecular complexity index is 689. The average Bonchev–Trinajstić information content (AvgIpc) is 3.15. The summed E-state index contributed by atoms with van der Waals surface area (Å²) in [6.45, 7) is 1.27. The number of benzene rings is 1. The molecule has 23 heavy (non-hydrogen) atoms. The lowest BCUT2D eigenvalue weighted by molar-refractivity contribution is -0.116. The van der Waals surface area contributed by atoms with Crippen LogP contribution in [0.4, 0.5) is 9.93 Å². The van der Waals surface area contributed by atoms with Crippen molar-refractivity contribution >= 4 is 28.5 Å². The van der Waals surface area contributed by atoms with E-state index in [9.17, 15) is 9.59 Å². The molecule has 1 aliphatic heterocycles. The second kappa shape index (κ2) is 7.19. The van der Waals surface area contributed by atoms with Crippen LogP contribution in [-0.4, -0.2) is 46.8 Å². The molecule has 7 nitrogen and oxygen atoms in total. The Labute approximate surface area is 137 Å². The number of nitrogens with one attached hydrogen (secondary N) is 1. The molecule has 0 bridgehead atoms. The topological polar surface area (TPSA) is 84.4 Å². The molecule has 0 aliphatic carbocycles. The van der Waals surface area contributed by atoms with Crippen LogP contribution in [0.1, 0.15) is 17.0 Å². The smallest absolute Gasteiger partial charge is 0.409 e. The van der Waals surface area contributed by atoms with Gasteiger partial charge in [-0.2, -0.15) is 0 Å². The largest absolute Gasteiger partial charge is 0.448 e. The highest BCUT2D eigenvalue weighted by Crippen LogP contribution is 2.18. The van der Waals surface area contributed by atoms with Gasteiger partial charge in [-0.25, -0.2) is 4.79 Å². The van der Waals surface area contributed by atoms with Crippen LogP contribution >= 0.6 is 11.3 Å². The summed E-state index contributed by atoms with van der Waals surface area (Å²) in [5.74, 6) is -0.188. The molecule has 1 fully saturated rings. The van der Waals surface area contributed by atoms with Crippen LogP contribution in [0.5, 0.6) is 0 Å². The number of carbonyl (C=O) groups excluding carboxylic acids is 2. The van der Waals surface area contributed by atoms with Crippen molar-refractivity contribution < 1.29 is 14.3 Å².